The summed E-state index contributed by atoms with van der Waals surface area (Å²) in [6, 6.07) is 0. The van der Waals surface area contributed by atoms with Crippen molar-refractivity contribution in [1.29, 1.82) is 0 Å². The monoisotopic (exact) mass is 192 g/mol. The lowest BCUT2D eigenvalue weighted by atomic mass is 10.2. The lowest BCUT2D eigenvalue weighted by molar-refractivity contribution is -0.113. The third-order valence-corrected chi connectivity index (χ3v) is 1.54. The van der Waals surface area contributed by atoms with Crippen molar-refractivity contribution in [3.05, 3.63) is 12.2 Å². The number of unbranched alkanes of at least 4 members (excludes halogenated alkanes) is 3. The van der Waals surface area contributed by atoms with Crippen LogP contribution in [-0.2, 0) is 9.59 Å². The maximum Gasteiger partial charge on any atom is 0.202 e. The second kappa shape index (κ2) is 8.25. The first kappa shape index (κ1) is 12.6. The van der Waals surface area contributed by atoms with E-state index in [0.717, 1.165) is 25.7 Å². The zero-order valence-corrected chi connectivity index (χ0v) is 8.80. The SMILES string of the molecule is CC(=O)C#CCCCC/C=C/C(C)=O. The first-order chi connectivity index (χ1) is 6.63. The molecule has 14 heavy (non-hydrogen) atoms. The highest BCUT2D eigenvalue weighted by molar-refractivity contribution is 5.93. The van der Waals surface area contributed by atoms with Crippen LogP contribution in [0.15, 0.2) is 12.2 Å². The zero-order valence-electron chi connectivity index (χ0n) is 8.80. The predicted molar refractivity (Wildman–Crippen MR) is 56.7 cm³/mol. The van der Waals surface area contributed by atoms with Gasteiger partial charge in [0, 0.05) is 13.3 Å². The van der Waals surface area contributed by atoms with Gasteiger partial charge < -0.3 is 0 Å². The number of allylic oxidation sites excluding steroid dienone is 2. The van der Waals surface area contributed by atoms with E-state index in [-0.39, 0.29) is 11.6 Å². The maximum absolute atomic E-state index is 10.5. The van der Waals surface area contributed by atoms with Crippen molar-refractivity contribution >= 4 is 11.6 Å². The first-order valence-corrected chi connectivity index (χ1v) is 4.79. The molecule has 0 amide bonds. The molecular weight excluding hydrogens is 176 g/mol. The van der Waals surface area contributed by atoms with Crippen LogP contribution in [0.3, 0.4) is 0 Å². The summed E-state index contributed by atoms with van der Waals surface area (Å²) < 4.78 is 0. The Morgan fingerprint density at radius 3 is 2.50 bits per heavy atom. The van der Waals surface area contributed by atoms with Crippen LogP contribution in [0.4, 0.5) is 0 Å². The average molecular weight is 192 g/mol. The molecule has 0 atom stereocenters. The van der Waals surface area contributed by atoms with Gasteiger partial charge in [0.15, 0.2) is 5.78 Å². The maximum atomic E-state index is 10.5. The minimum Gasteiger partial charge on any atom is -0.295 e. The van der Waals surface area contributed by atoms with Gasteiger partial charge in [0.2, 0.25) is 5.78 Å². The van der Waals surface area contributed by atoms with Gasteiger partial charge in [0.1, 0.15) is 0 Å². The Morgan fingerprint density at radius 1 is 1.21 bits per heavy atom. The Morgan fingerprint density at radius 2 is 1.93 bits per heavy atom. The number of carbonyl (C=O) groups excluding carboxylic acids is 2. The molecule has 0 fully saturated rings. The number of rotatable bonds is 5. The summed E-state index contributed by atoms with van der Waals surface area (Å²) >= 11 is 0. The fourth-order valence-electron chi connectivity index (χ4n) is 0.912. The Bertz CT molecular complexity index is 276. The fraction of sp³-hybridized carbons (Fsp3) is 0.500. The molecule has 0 radical (unpaired) electrons. The van der Waals surface area contributed by atoms with E-state index in [1.54, 1.807) is 6.08 Å². The smallest absolute Gasteiger partial charge is 0.202 e. The largest absolute Gasteiger partial charge is 0.295 e. The van der Waals surface area contributed by atoms with E-state index in [0.29, 0.717) is 0 Å². The standard InChI is InChI=1S/C12H16O2/c1-11(13)9-7-5-3-4-6-8-10-12(2)14/h7,9H,3-6H2,1-2H3/b9-7+. The molecule has 2 nitrogen and oxygen atoms in total. The van der Waals surface area contributed by atoms with Gasteiger partial charge in [-0.15, -0.1) is 0 Å². The molecule has 0 heterocycles. The van der Waals surface area contributed by atoms with Crippen molar-refractivity contribution in [1.82, 2.24) is 0 Å². The summed E-state index contributed by atoms with van der Waals surface area (Å²) in [7, 11) is 0. The van der Waals surface area contributed by atoms with Crippen LogP contribution in [0, 0.1) is 11.8 Å². The minimum atomic E-state index is -0.0820. The van der Waals surface area contributed by atoms with Crippen molar-refractivity contribution in [2.75, 3.05) is 0 Å². The molecule has 0 rings (SSSR count). The molecule has 0 N–H and O–H groups in total. The van der Waals surface area contributed by atoms with E-state index >= 15 is 0 Å². The topological polar surface area (TPSA) is 34.1 Å². The molecule has 0 unspecified atom stereocenters. The van der Waals surface area contributed by atoms with E-state index in [2.05, 4.69) is 11.8 Å². The van der Waals surface area contributed by atoms with Crippen molar-refractivity contribution in [2.45, 2.75) is 39.5 Å². The lowest BCUT2D eigenvalue weighted by Gasteiger charge is -1.90. The summed E-state index contributed by atoms with van der Waals surface area (Å²) in [4.78, 5) is 20.9. The fourth-order valence-corrected chi connectivity index (χ4v) is 0.912. The summed E-state index contributed by atoms with van der Waals surface area (Å²) in [6.07, 6.45) is 7.11. The normalized spacial score (nSPS) is 9.57. The number of hydrogen-bond acceptors (Lipinski definition) is 2. The lowest BCUT2D eigenvalue weighted by Crippen LogP contribution is -1.81. The molecule has 0 saturated carbocycles. The molecule has 0 aliphatic carbocycles. The van der Waals surface area contributed by atoms with E-state index in [9.17, 15) is 9.59 Å². The number of carbonyl (C=O) groups is 2. The molecule has 2 heteroatoms. The highest BCUT2D eigenvalue weighted by Crippen LogP contribution is 1.99. The van der Waals surface area contributed by atoms with Crippen LogP contribution in [0.1, 0.15) is 39.5 Å². The van der Waals surface area contributed by atoms with Gasteiger partial charge in [0.25, 0.3) is 0 Å². The van der Waals surface area contributed by atoms with Gasteiger partial charge in [-0.25, -0.2) is 0 Å². The highest BCUT2D eigenvalue weighted by atomic mass is 16.1. The van der Waals surface area contributed by atoms with Crippen LogP contribution >= 0.6 is 0 Å². The molecule has 0 spiro atoms. The van der Waals surface area contributed by atoms with Gasteiger partial charge in [-0.2, -0.15) is 0 Å². The van der Waals surface area contributed by atoms with E-state index in [4.69, 9.17) is 0 Å². The van der Waals surface area contributed by atoms with Crippen molar-refractivity contribution in [3.63, 3.8) is 0 Å². The van der Waals surface area contributed by atoms with E-state index in [1.165, 1.54) is 13.8 Å². The van der Waals surface area contributed by atoms with Gasteiger partial charge in [-0.05, 0) is 38.2 Å². The van der Waals surface area contributed by atoms with Gasteiger partial charge in [-0.3, -0.25) is 9.59 Å². The minimum absolute atomic E-state index is 0.0820. The predicted octanol–water partition coefficient (Wildman–Crippen LogP) is 2.28. The van der Waals surface area contributed by atoms with Crippen LogP contribution in [0.25, 0.3) is 0 Å². The van der Waals surface area contributed by atoms with Crippen LogP contribution in [0.5, 0.6) is 0 Å². The summed E-state index contributed by atoms with van der Waals surface area (Å²) in [5, 5.41) is 0. The average Bonchev–Trinajstić information content (AvgIpc) is 2.08. The quantitative estimate of drug-likeness (QED) is 0.290. The first-order valence-electron chi connectivity index (χ1n) is 4.79. The highest BCUT2D eigenvalue weighted by Gasteiger charge is 1.85. The van der Waals surface area contributed by atoms with Gasteiger partial charge in [0.05, 0.1) is 0 Å². The Kier molecular flexibility index (Phi) is 7.45. The summed E-state index contributed by atoms with van der Waals surface area (Å²) in [6.45, 7) is 3.00. The second-order valence-electron chi connectivity index (χ2n) is 3.12. The molecule has 0 aliphatic rings. The van der Waals surface area contributed by atoms with Crippen molar-refractivity contribution < 1.29 is 9.59 Å². The Labute approximate surface area is 85.4 Å². The molecule has 0 aromatic heterocycles. The molecule has 76 valence electrons. The Balaban J connectivity index is 3.36. The third-order valence-electron chi connectivity index (χ3n) is 1.54. The Hall–Kier alpha value is -1.36. The van der Waals surface area contributed by atoms with Crippen molar-refractivity contribution in [2.24, 2.45) is 0 Å². The van der Waals surface area contributed by atoms with Crippen molar-refractivity contribution in [3.8, 4) is 11.8 Å². The van der Waals surface area contributed by atoms with Gasteiger partial charge >= 0.3 is 0 Å². The molecule has 0 saturated heterocycles. The van der Waals surface area contributed by atoms with E-state index in [1.807, 2.05) is 6.08 Å². The van der Waals surface area contributed by atoms with E-state index < -0.39 is 0 Å². The third kappa shape index (κ3) is 10.6. The summed E-state index contributed by atoms with van der Waals surface area (Å²) in [5.74, 6) is 5.29. The second-order valence-corrected chi connectivity index (χ2v) is 3.12. The van der Waals surface area contributed by atoms with Crippen LogP contribution in [0.2, 0.25) is 0 Å². The number of ketones is 2. The zero-order chi connectivity index (χ0) is 10.8. The molecule has 0 bridgehead atoms. The summed E-state index contributed by atoms with van der Waals surface area (Å²) in [5.41, 5.74) is 0. The molecule has 0 aliphatic heterocycles. The molecular formula is C12H16O2. The number of Topliss-reactive ketones (excluding diaryl/α,β-unsaturated/α-hetero) is 1. The van der Waals surface area contributed by atoms with Gasteiger partial charge in [-0.1, -0.05) is 12.0 Å². The molecule has 0 aromatic carbocycles. The van der Waals surface area contributed by atoms with Crippen LogP contribution in [-0.4, -0.2) is 11.6 Å². The number of hydrogen-bond donors (Lipinski definition) is 0. The molecule has 0 aromatic rings. The van der Waals surface area contributed by atoms with Crippen LogP contribution < -0.4 is 0 Å².